The summed E-state index contributed by atoms with van der Waals surface area (Å²) in [7, 11) is 0. The molecular weight excluding hydrogens is 1040 g/mol. The van der Waals surface area contributed by atoms with E-state index >= 15 is 0 Å². The van der Waals surface area contributed by atoms with E-state index < -0.39 is 0 Å². The van der Waals surface area contributed by atoms with Crippen LogP contribution in [0.15, 0.2) is 158 Å². The van der Waals surface area contributed by atoms with Gasteiger partial charge in [-0.15, -0.1) is 48.1 Å². The normalized spacial score (nSPS) is 16.4. The van der Waals surface area contributed by atoms with Crippen molar-refractivity contribution in [2.75, 3.05) is 14.7 Å². The minimum atomic E-state index is -0.229. The van der Waals surface area contributed by atoms with Crippen molar-refractivity contribution in [2.45, 2.75) is 84.0 Å². The molecular formula is C63H54N5OPt-3. The van der Waals surface area contributed by atoms with Crippen molar-refractivity contribution in [1.82, 2.24) is 9.55 Å². The van der Waals surface area contributed by atoms with Gasteiger partial charge in [-0.05, 0) is 104 Å². The summed E-state index contributed by atoms with van der Waals surface area (Å²) < 4.78 is 8.88. The molecule has 0 bridgehead atoms. The van der Waals surface area contributed by atoms with E-state index in [0.717, 1.165) is 44.6 Å². The summed E-state index contributed by atoms with van der Waals surface area (Å²) in [5.41, 5.74) is 19.2. The van der Waals surface area contributed by atoms with Gasteiger partial charge in [-0.2, -0.15) is 12.1 Å². The molecule has 6 nitrogen and oxygen atoms in total. The zero-order valence-corrected chi connectivity index (χ0v) is 43.3. The number of nitrogens with zero attached hydrogens (tertiary/aromatic N) is 5. The number of rotatable bonds is 6. The Hall–Kier alpha value is -6.88. The summed E-state index contributed by atoms with van der Waals surface area (Å²) in [5, 5.41) is 2.22. The predicted molar refractivity (Wildman–Crippen MR) is 283 cm³/mol. The molecule has 13 rings (SSSR count). The van der Waals surface area contributed by atoms with Crippen LogP contribution in [0.3, 0.4) is 0 Å². The van der Waals surface area contributed by atoms with Gasteiger partial charge in [0.25, 0.3) is 0 Å². The minimum Gasteiger partial charge on any atom is -0.509 e. The Morgan fingerprint density at radius 1 is 0.543 bits per heavy atom. The Kier molecular flexibility index (Phi) is 9.70. The molecule has 70 heavy (non-hydrogen) atoms. The van der Waals surface area contributed by atoms with Crippen LogP contribution in [0.4, 0.5) is 28.4 Å². The maximum atomic E-state index is 6.67. The number of anilines is 5. The summed E-state index contributed by atoms with van der Waals surface area (Å²) >= 11 is 0. The predicted octanol–water partition coefficient (Wildman–Crippen LogP) is 15.8. The van der Waals surface area contributed by atoms with E-state index in [0.29, 0.717) is 11.5 Å². The number of hydrogen-bond acceptors (Lipinski definition) is 5. The van der Waals surface area contributed by atoms with E-state index in [4.69, 9.17) is 9.72 Å². The van der Waals surface area contributed by atoms with Gasteiger partial charge < -0.3 is 24.0 Å². The van der Waals surface area contributed by atoms with Gasteiger partial charge in [0.05, 0.1) is 17.1 Å². The molecule has 0 unspecified atom stereocenters. The van der Waals surface area contributed by atoms with E-state index in [1.54, 1.807) is 0 Å². The molecule has 0 saturated carbocycles. The fourth-order valence-corrected chi connectivity index (χ4v) is 11.8. The van der Waals surface area contributed by atoms with Gasteiger partial charge in [0.15, 0.2) is 0 Å². The summed E-state index contributed by atoms with van der Waals surface area (Å²) in [6.07, 6.45) is 6.16. The van der Waals surface area contributed by atoms with Crippen molar-refractivity contribution in [1.29, 1.82) is 0 Å². The van der Waals surface area contributed by atoms with Crippen molar-refractivity contribution in [2.24, 2.45) is 0 Å². The molecule has 6 heterocycles. The zero-order valence-electron chi connectivity index (χ0n) is 41.0. The van der Waals surface area contributed by atoms with Crippen LogP contribution in [0.25, 0.3) is 38.8 Å². The third-order valence-corrected chi connectivity index (χ3v) is 15.7. The molecule has 4 aliphatic heterocycles. The Balaban J connectivity index is 0.00000505. The summed E-state index contributed by atoms with van der Waals surface area (Å²) in [5.74, 6) is 2.06. The zero-order chi connectivity index (χ0) is 47.4. The van der Waals surface area contributed by atoms with Crippen molar-refractivity contribution in [3.8, 4) is 28.4 Å². The van der Waals surface area contributed by atoms with Crippen molar-refractivity contribution in [3.63, 3.8) is 0 Å². The minimum absolute atomic E-state index is 0. The average Bonchev–Trinajstić information content (AvgIpc) is 3.97. The first-order valence-electron chi connectivity index (χ1n) is 24.2. The molecule has 350 valence electrons. The standard InChI is InChI=1S/C63H54N5O.Pt/c1-60(2,3)41-28-29-64-56(33-41)67-54-27-24-40(39-16-11-10-12-17-39)32-47(54)46-26-25-45(37-55(46)67)69-44-19-13-18-42(34-44)65-30-31-66(38-65)43-35-52-59-53(36-43)63(8,9)51-23-15-21-49-58(51)68(59)57-48(61(49,4)5)20-14-22-50(57)62(52,6)7;/h10-33,35-36,38H,1-9H3;/q-3;. The van der Waals surface area contributed by atoms with Gasteiger partial charge >= 0.3 is 0 Å². The van der Waals surface area contributed by atoms with Gasteiger partial charge in [-0.1, -0.05) is 147 Å². The Morgan fingerprint density at radius 3 is 1.80 bits per heavy atom. The molecule has 0 aliphatic carbocycles. The fourth-order valence-electron chi connectivity index (χ4n) is 11.8. The van der Waals surface area contributed by atoms with E-state index in [1.807, 2.05) is 24.4 Å². The number of fused-ring (bicyclic) bond motifs is 3. The first-order valence-corrected chi connectivity index (χ1v) is 24.2. The number of aromatic nitrogens is 2. The van der Waals surface area contributed by atoms with E-state index in [9.17, 15) is 0 Å². The third-order valence-electron chi connectivity index (χ3n) is 15.7. The van der Waals surface area contributed by atoms with Crippen LogP contribution in [-0.2, 0) is 42.7 Å². The topological polar surface area (TPSA) is 36.8 Å². The number of benzene rings is 7. The second-order valence-corrected chi connectivity index (χ2v) is 21.9. The second kappa shape index (κ2) is 15.3. The second-order valence-electron chi connectivity index (χ2n) is 21.9. The van der Waals surface area contributed by atoms with Crippen LogP contribution in [0.5, 0.6) is 11.5 Å². The van der Waals surface area contributed by atoms with Gasteiger partial charge in [0.2, 0.25) is 0 Å². The van der Waals surface area contributed by atoms with Crippen LogP contribution >= 0.6 is 0 Å². The largest absolute Gasteiger partial charge is 0.509 e. The molecule has 0 fully saturated rings. The van der Waals surface area contributed by atoms with Crippen LogP contribution < -0.4 is 19.4 Å². The molecule has 9 aromatic rings. The van der Waals surface area contributed by atoms with Crippen molar-refractivity contribution in [3.05, 3.63) is 216 Å². The van der Waals surface area contributed by atoms with E-state index in [2.05, 4.69) is 234 Å². The smallest absolute Gasteiger partial charge is 0.135 e. The fraction of sp³-hybridized carbons (Fsp3) is 0.206. The van der Waals surface area contributed by atoms with Crippen LogP contribution in [0, 0.1) is 18.8 Å². The first kappa shape index (κ1) is 44.3. The van der Waals surface area contributed by atoms with E-state index in [-0.39, 0.29) is 42.7 Å². The molecule has 0 amide bonds. The molecule has 0 radical (unpaired) electrons. The van der Waals surface area contributed by atoms with Gasteiger partial charge in [0, 0.05) is 66.2 Å². The Labute approximate surface area is 426 Å². The quantitative estimate of drug-likeness (QED) is 0.155. The molecule has 0 N–H and O–H groups in total. The molecule has 7 aromatic carbocycles. The molecule has 7 heteroatoms. The number of para-hydroxylation sites is 2. The monoisotopic (exact) mass is 1090 g/mol. The summed E-state index contributed by atoms with van der Waals surface area (Å²) in [4.78, 5) is 11.9. The molecule has 0 spiro atoms. The maximum Gasteiger partial charge on any atom is 0.135 e. The third kappa shape index (κ3) is 6.38. The van der Waals surface area contributed by atoms with Gasteiger partial charge in [-0.3, -0.25) is 0 Å². The molecule has 2 aromatic heterocycles. The Morgan fingerprint density at radius 2 is 1.14 bits per heavy atom. The van der Waals surface area contributed by atoms with Crippen molar-refractivity contribution < 1.29 is 25.8 Å². The molecule has 4 aliphatic rings. The first-order chi connectivity index (χ1) is 33.1. The summed E-state index contributed by atoms with van der Waals surface area (Å²) in [6, 6.07) is 57.8. The van der Waals surface area contributed by atoms with E-state index in [1.165, 1.54) is 61.6 Å². The summed E-state index contributed by atoms with van der Waals surface area (Å²) in [6.45, 7) is 23.3. The van der Waals surface area contributed by atoms with Crippen molar-refractivity contribution >= 4 is 50.2 Å². The average molecular weight is 1090 g/mol. The Bertz CT molecular complexity index is 3580. The SMILES string of the molecule is CC(C)(C)c1ccnc(-n2c3[c-]c(Oc4[c-]c(N5C=CN(c6cc7c8c(c6)C(C)(C)c6cccc9c6N8c6c(cccc6C7(C)C)C9(C)C)[CH-]5)ccc4)ccc3c3cc(-c4ccccc4)ccc32)c1.[Pt]. The number of hydrogen-bond donors (Lipinski definition) is 0. The van der Waals surface area contributed by atoms with Crippen LogP contribution in [0.1, 0.15) is 101 Å². The van der Waals surface area contributed by atoms with Crippen LogP contribution in [-0.4, -0.2) is 9.55 Å². The molecule has 0 saturated heterocycles. The van der Waals surface area contributed by atoms with Crippen LogP contribution in [0.2, 0.25) is 0 Å². The van der Waals surface area contributed by atoms with Gasteiger partial charge in [0.1, 0.15) is 5.82 Å². The van der Waals surface area contributed by atoms with Gasteiger partial charge in [-0.25, -0.2) is 4.98 Å². The maximum absolute atomic E-state index is 6.67. The molecule has 0 atom stereocenters. The number of pyridine rings is 1. The number of ether oxygens (including phenoxy) is 1.